The molecule has 1 atom stereocenters. The first kappa shape index (κ1) is 13.8. The van der Waals surface area contributed by atoms with E-state index in [1.807, 2.05) is 6.07 Å². The third-order valence-electron chi connectivity index (χ3n) is 3.73. The van der Waals surface area contributed by atoms with Crippen molar-refractivity contribution in [1.29, 1.82) is 0 Å². The molecule has 0 radical (unpaired) electrons. The van der Waals surface area contributed by atoms with Crippen molar-refractivity contribution in [2.24, 2.45) is 0 Å². The molecule has 0 saturated carbocycles. The van der Waals surface area contributed by atoms with Crippen LogP contribution >= 0.6 is 0 Å². The standard InChI is InChI=1S/C16H21NO2/c1-13-15(11-16(18)19-2)9-6-10-17(13)12-14-7-4-3-5-8-14/h3-5,7-8,11,13H,6,9-10,12H2,1-2H3/b15-11+. The number of carbonyl (C=O) groups excluding carboxylic acids is 1. The maximum atomic E-state index is 11.4. The first-order chi connectivity index (χ1) is 9.20. The van der Waals surface area contributed by atoms with Gasteiger partial charge in [-0.1, -0.05) is 30.3 Å². The van der Waals surface area contributed by atoms with E-state index in [1.165, 1.54) is 18.2 Å². The van der Waals surface area contributed by atoms with Crippen molar-refractivity contribution >= 4 is 5.97 Å². The number of likely N-dealkylation sites (tertiary alicyclic amines) is 1. The van der Waals surface area contributed by atoms with Crippen LogP contribution in [0.4, 0.5) is 0 Å². The summed E-state index contributed by atoms with van der Waals surface area (Å²) in [5.41, 5.74) is 2.49. The van der Waals surface area contributed by atoms with E-state index in [2.05, 4.69) is 36.1 Å². The van der Waals surface area contributed by atoms with E-state index in [4.69, 9.17) is 4.74 Å². The fourth-order valence-electron chi connectivity index (χ4n) is 2.56. The van der Waals surface area contributed by atoms with E-state index in [-0.39, 0.29) is 5.97 Å². The third-order valence-corrected chi connectivity index (χ3v) is 3.73. The maximum Gasteiger partial charge on any atom is 0.330 e. The summed E-state index contributed by atoms with van der Waals surface area (Å²) in [5.74, 6) is -0.247. The normalized spacial score (nSPS) is 22.4. The lowest BCUT2D eigenvalue weighted by Crippen LogP contribution is -2.38. The summed E-state index contributed by atoms with van der Waals surface area (Å²) in [6, 6.07) is 10.7. The second kappa shape index (κ2) is 6.53. The minimum atomic E-state index is -0.247. The highest BCUT2D eigenvalue weighted by molar-refractivity contribution is 5.82. The molecule has 19 heavy (non-hydrogen) atoms. The van der Waals surface area contributed by atoms with Gasteiger partial charge in [0.15, 0.2) is 0 Å². The van der Waals surface area contributed by atoms with Gasteiger partial charge in [-0.2, -0.15) is 0 Å². The smallest absolute Gasteiger partial charge is 0.330 e. The summed E-state index contributed by atoms with van der Waals surface area (Å²) < 4.78 is 4.72. The van der Waals surface area contributed by atoms with Crippen LogP contribution < -0.4 is 0 Å². The lowest BCUT2D eigenvalue weighted by molar-refractivity contribution is -0.134. The number of hydrogen-bond acceptors (Lipinski definition) is 3. The number of carbonyl (C=O) groups is 1. The van der Waals surface area contributed by atoms with E-state index in [0.717, 1.165) is 25.9 Å². The predicted octanol–water partition coefficient (Wildman–Crippen LogP) is 2.77. The van der Waals surface area contributed by atoms with E-state index in [9.17, 15) is 4.79 Å². The minimum Gasteiger partial charge on any atom is -0.466 e. The monoisotopic (exact) mass is 259 g/mol. The van der Waals surface area contributed by atoms with E-state index < -0.39 is 0 Å². The van der Waals surface area contributed by atoms with Crippen molar-refractivity contribution in [2.75, 3.05) is 13.7 Å². The quantitative estimate of drug-likeness (QED) is 0.617. The fraction of sp³-hybridized carbons (Fsp3) is 0.438. The second-order valence-corrected chi connectivity index (χ2v) is 4.98. The minimum absolute atomic E-state index is 0.247. The Morgan fingerprint density at radius 2 is 2.16 bits per heavy atom. The Hall–Kier alpha value is -1.61. The average molecular weight is 259 g/mol. The molecule has 1 saturated heterocycles. The molecule has 1 aromatic rings. The van der Waals surface area contributed by atoms with Gasteiger partial charge in [0.1, 0.15) is 0 Å². The highest BCUT2D eigenvalue weighted by atomic mass is 16.5. The van der Waals surface area contributed by atoms with Crippen LogP contribution in [0.15, 0.2) is 42.0 Å². The number of benzene rings is 1. The maximum absolute atomic E-state index is 11.4. The van der Waals surface area contributed by atoms with E-state index in [1.54, 1.807) is 6.08 Å². The van der Waals surface area contributed by atoms with Crippen LogP contribution in [0.5, 0.6) is 0 Å². The predicted molar refractivity (Wildman–Crippen MR) is 75.6 cm³/mol. The van der Waals surface area contributed by atoms with Gasteiger partial charge in [-0.25, -0.2) is 4.79 Å². The van der Waals surface area contributed by atoms with Crippen molar-refractivity contribution in [3.05, 3.63) is 47.5 Å². The van der Waals surface area contributed by atoms with Crippen molar-refractivity contribution < 1.29 is 9.53 Å². The highest BCUT2D eigenvalue weighted by Crippen LogP contribution is 2.24. The Bertz CT molecular complexity index is 453. The number of hydrogen-bond donors (Lipinski definition) is 0. The van der Waals surface area contributed by atoms with E-state index >= 15 is 0 Å². The summed E-state index contributed by atoms with van der Waals surface area (Å²) in [5, 5.41) is 0. The van der Waals surface area contributed by atoms with Gasteiger partial charge >= 0.3 is 5.97 Å². The number of methoxy groups -OCH3 is 1. The number of esters is 1. The summed E-state index contributed by atoms with van der Waals surface area (Å²) in [4.78, 5) is 13.8. The molecule has 1 fully saturated rings. The number of nitrogens with zero attached hydrogens (tertiary/aromatic N) is 1. The summed E-state index contributed by atoms with van der Waals surface area (Å²) >= 11 is 0. The molecule has 0 aliphatic carbocycles. The summed E-state index contributed by atoms with van der Waals surface area (Å²) in [7, 11) is 1.43. The molecular weight excluding hydrogens is 238 g/mol. The number of piperidine rings is 1. The second-order valence-electron chi connectivity index (χ2n) is 4.98. The molecule has 1 aromatic carbocycles. The molecule has 0 N–H and O–H groups in total. The summed E-state index contributed by atoms with van der Waals surface area (Å²) in [6.07, 6.45) is 3.74. The van der Waals surface area contributed by atoms with Crippen LogP contribution in [0.25, 0.3) is 0 Å². The molecule has 1 heterocycles. The molecule has 0 bridgehead atoms. The van der Waals surface area contributed by atoms with Crippen molar-refractivity contribution in [3.8, 4) is 0 Å². The van der Waals surface area contributed by atoms with Crippen molar-refractivity contribution in [1.82, 2.24) is 4.90 Å². The van der Waals surface area contributed by atoms with Crippen molar-refractivity contribution in [2.45, 2.75) is 32.4 Å². The van der Waals surface area contributed by atoms with Gasteiger partial charge in [-0.3, -0.25) is 4.90 Å². The molecule has 0 amide bonds. The van der Waals surface area contributed by atoms with Gasteiger partial charge in [0.05, 0.1) is 7.11 Å². The molecule has 2 rings (SSSR count). The van der Waals surface area contributed by atoms with Crippen LogP contribution in [0.3, 0.4) is 0 Å². The van der Waals surface area contributed by atoms with Crippen LogP contribution in [0.2, 0.25) is 0 Å². The largest absolute Gasteiger partial charge is 0.466 e. The molecule has 102 valence electrons. The molecule has 1 unspecified atom stereocenters. The lowest BCUT2D eigenvalue weighted by atomic mass is 9.96. The molecule has 3 nitrogen and oxygen atoms in total. The Morgan fingerprint density at radius 1 is 1.42 bits per heavy atom. The van der Waals surface area contributed by atoms with E-state index in [0.29, 0.717) is 6.04 Å². The van der Waals surface area contributed by atoms with Gasteiger partial charge < -0.3 is 4.74 Å². The first-order valence-electron chi connectivity index (χ1n) is 6.77. The van der Waals surface area contributed by atoms with Gasteiger partial charge in [0.25, 0.3) is 0 Å². The molecule has 1 aliphatic rings. The molecule has 3 heteroatoms. The lowest BCUT2D eigenvalue weighted by Gasteiger charge is -2.35. The Kier molecular flexibility index (Phi) is 4.74. The molecule has 0 aromatic heterocycles. The zero-order chi connectivity index (χ0) is 13.7. The SMILES string of the molecule is COC(=O)/C=C1\CCCN(Cc2ccccc2)C1C. The molecule has 0 spiro atoms. The van der Waals surface area contributed by atoms with Gasteiger partial charge in [-0.15, -0.1) is 0 Å². The summed E-state index contributed by atoms with van der Waals surface area (Å²) in [6.45, 7) is 4.17. The molecular formula is C16H21NO2. The van der Waals surface area contributed by atoms with Crippen LogP contribution in [-0.4, -0.2) is 30.6 Å². The Balaban J connectivity index is 2.06. The van der Waals surface area contributed by atoms with Crippen molar-refractivity contribution in [3.63, 3.8) is 0 Å². The van der Waals surface area contributed by atoms with Crippen LogP contribution in [-0.2, 0) is 16.1 Å². The number of rotatable bonds is 3. The first-order valence-corrected chi connectivity index (χ1v) is 6.77. The van der Waals surface area contributed by atoms with Crippen LogP contribution in [0.1, 0.15) is 25.3 Å². The highest BCUT2D eigenvalue weighted by Gasteiger charge is 2.23. The average Bonchev–Trinajstić information content (AvgIpc) is 2.44. The van der Waals surface area contributed by atoms with Crippen LogP contribution in [0, 0.1) is 0 Å². The van der Waals surface area contributed by atoms with Gasteiger partial charge in [-0.05, 0) is 37.4 Å². The fourth-order valence-corrected chi connectivity index (χ4v) is 2.56. The molecule has 1 aliphatic heterocycles. The zero-order valence-corrected chi connectivity index (χ0v) is 11.6. The zero-order valence-electron chi connectivity index (χ0n) is 11.6. The van der Waals surface area contributed by atoms with Gasteiger partial charge in [0, 0.05) is 18.7 Å². The Morgan fingerprint density at radius 3 is 2.84 bits per heavy atom. The topological polar surface area (TPSA) is 29.5 Å². The van der Waals surface area contributed by atoms with Gasteiger partial charge in [0.2, 0.25) is 0 Å². The third kappa shape index (κ3) is 3.67. The number of ether oxygens (including phenoxy) is 1. The Labute approximate surface area is 114 Å².